The van der Waals surface area contributed by atoms with Crippen molar-refractivity contribution >= 4 is 0 Å². The fourth-order valence-electron chi connectivity index (χ4n) is 2.16. The van der Waals surface area contributed by atoms with E-state index in [9.17, 15) is 0 Å². The van der Waals surface area contributed by atoms with Crippen LogP contribution in [0.25, 0.3) is 0 Å². The number of hydrogen-bond donors (Lipinski definition) is 1. The van der Waals surface area contributed by atoms with Gasteiger partial charge in [-0.2, -0.15) is 0 Å². The van der Waals surface area contributed by atoms with Crippen molar-refractivity contribution in [3.05, 3.63) is 34.9 Å². The zero-order valence-electron chi connectivity index (χ0n) is 9.09. The standard InChI is InChI=1S/C13H19N/c1-9(2)11-4-3-10-5-6-13(14)8-12(10)7-11/h3-4,7,9,13H,5-6,8,14H2,1-2H3/t13-/m0/s1. The highest BCUT2D eigenvalue weighted by molar-refractivity contribution is 5.35. The van der Waals surface area contributed by atoms with Crippen LogP contribution in [0.1, 0.15) is 42.9 Å². The van der Waals surface area contributed by atoms with Gasteiger partial charge in [0.2, 0.25) is 0 Å². The van der Waals surface area contributed by atoms with E-state index in [1.165, 1.54) is 16.7 Å². The topological polar surface area (TPSA) is 26.0 Å². The Hall–Kier alpha value is -0.820. The normalized spacial score (nSPS) is 21.0. The highest BCUT2D eigenvalue weighted by Gasteiger charge is 2.15. The van der Waals surface area contributed by atoms with Gasteiger partial charge < -0.3 is 5.73 Å². The van der Waals surface area contributed by atoms with Gasteiger partial charge in [0.05, 0.1) is 0 Å². The molecule has 0 heterocycles. The van der Waals surface area contributed by atoms with E-state index in [4.69, 9.17) is 5.73 Å². The molecule has 0 aliphatic heterocycles. The van der Waals surface area contributed by atoms with Crippen molar-refractivity contribution in [3.63, 3.8) is 0 Å². The number of nitrogens with two attached hydrogens (primary N) is 1. The zero-order valence-corrected chi connectivity index (χ0v) is 9.09. The molecule has 0 spiro atoms. The first kappa shape index (κ1) is 9.72. The smallest absolute Gasteiger partial charge is 0.00825 e. The molecule has 1 atom stereocenters. The fourth-order valence-corrected chi connectivity index (χ4v) is 2.16. The first-order chi connectivity index (χ1) is 6.66. The van der Waals surface area contributed by atoms with Gasteiger partial charge >= 0.3 is 0 Å². The van der Waals surface area contributed by atoms with E-state index in [1.807, 2.05) is 0 Å². The summed E-state index contributed by atoms with van der Waals surface area (Å²) in [4.78, 5) is 0. The molecule has 0 aromatic heterocycles. The van der Waals surface area contributed by atoms with Crippen LogP contribution in [0.2, 0.25) is 0 Å². The van der Waals surface area contributed by atoms with Crippen LogP contribution in [0.15, 0.2) is 18.2 Å². The van der Waals surface area contributed by atoms with Gasteiger partial charge in [0.25, 0.3) is 0 Å². The van der Waals surface area contributed by atoms with Crippen molar-refractivity contribution in [3.8, 4) is 0 Å². The Morgan fingerprint density at radius 2 is 2.07 bits per heavy atom. The molecule has 2 N–H and O–H groups in total. The molecule has 1 aromatic rings. The fraction of sp³-hybridized carbons (Fsp3) is 0.538. The van der Waals surface area contributed by atoms with Crippen LogP contribution in [-0.2, 0) is 12.8 Å². The summed E-state index contributed by atoms with van der Waals surface area (Å²) in [5.41, 5.74) is 10.4. The van der Waals surface area contributed by atoms with E-state index in [2.05, 4.69) is 32.0 Å². The quantitative estimate of drug-likeness (QED) is 0.722. The van der Waals surface area contributed by atoms with E-state index >= 15 is 0 Å². The van der Waals surface area contributed by atoms with Gasteiger partial charge in [0.1, 0.15) is 0 Å². The lowest BCUT2D eigenvalue weighted by atomic mass is 9.86. The largest absolute Gasteiger partial charge is 0.327 e. The average Bonchev–Trinajstić information content (AvgIpc) is 2.16. The van der Waals surface area contributed by atoms with Gasteiger partial charge in [-0.3, -0.25) is 0 Å². The third kappa shape index (κ3) is 1.83. The van der Waals surface area contributed by atoms with Crippen LogP contribution < -0.4 is 5.73 Å². The molecule has 1 aliphatic carbocycles. The van der Waals surface area contributed by atoms with Crippen molar-refractivity contribution in [2.45, 2.75) is 45.1 Å². The third-order valence-corrected chi connectivity index (χ3v) is 3.16. The van der Waals surface area contributed by atoms with Crippen LogP contribution >= 0.6 is 0 Å². The maximum atomic E-state index is 5.98. The summed E-state index contributed by atoms with van der Waals surface area (Å²) in [6, 6.07) is 7.28. The predicted molar refractivity (Wildman–Crippen MR) is 60.5 cm³/mol. The van der Waals surface area contributed by atoms with Gasteiger partial charge in [-0.15, -0.1) is 0 Å². The second-order valence-electron chi connectivity index (χ2n) is 4.69. The third-order valence-electron chi connectivity index (χ3n) is 3.16. The minimum atomic E-state index is 0.380. The van der Waals surface area contributed by atoms with Crippen molar-refractivity contribution in [1.82, 2.24) is 0 Å². The number of fused-ring (bicyclic) bond motifs is 1. The Labute approximate surface area is 86.3 Å². The summed E-state index contributed by atoms with van der Waals surface area (Å²) in [7, 11) is 0. The van der Waals surface area contributed by atoms with Crippen LogP contribution in [0.4, 0.5) is 0 Å². The maximum absolute atomic E-state index is 5.98. The summed E-state index contributed by atoms with van der Waals surface area (Å²) >= 11 is 0. The molecule has 0 saturated carbocycles. The molecule has 14 heavy (non-hydrogen) atoms. The molecule has 1 aromatic carbocycles. The summed E-state index contributed by atoms with van der Waals surface area (Å²) in [5.74, 6) is 0.624. The Kier molecular flexibility index (Phi) is 2.60. The van der Waals surface area contributed by atoms with Gasteiger partial charge in [-0.05, 0) is 41.9 Å². The van der Waals surface area contributed by atoms with Crippen LogP contribution in [-0.4, -0.2) is 6.04 Å². The molecule has 0 amide bonds. The van der Waals surface area contributed by atoms with Gasteiger partial charge in [-0.1, -0.05) is 32.0 Å². The molecular weight excluding hydrogens is 170 g/mol. The molecular formula is C13H19N. The molecule has 0 radical (unpaired) electrons. The minimum Gasteiger partial charge on any atom is -0.327 e. The number of rotatable bonds is 1. The molecule has 0 unspecified atom stereocenters. The summed E-state index contributed by atoms with van der Waals surface area (Å²) in [5, 5.41) is 0. The van der Waals surface area contributed by atoms with E-state index in [0.717, 1.165) is 19.3 Å². The second kappa shape index (κ2) is 3.74. The van der Waals surface area contributed by atoms with E-state index in [0.29, 0.717) is 12.0 Å². The highest BCUT2D eigenvalue weighted by atomic mass is 14.6. The lowest BCUT2D eigenvalue weighted by Gasteiger charge is -2.22. The average molecular weight is 189 g/mol. The first-order valence-electron chi connectivity index (χ1n) is 5.54. The van der Waals surface area contributed by atoms with Crippen molar-refractivity contribution in [2.75, 3.05) is 0 Å². The van der Waals surface area contributed by atoms with Crippen LogP contribution in [0.3, 0.4) is 0 Å². The van der Waals surface area contributed by atoms with Crippen LogP contribution in [0, 0.1) is 0 Å². The first-order valence-corrected chi connectivity index (χ1v) is 5.54. The van der Waals surface area contributed by atoms with E-state index < -0.39 is 0 Å². The highest BCUT2D eigenvalue weighted by Crippen LogP contribution is 2.24. The van der Waals surface area contributed by atoms with Crippen molar-refractivity contribution in [2.24, 2.45) is 5.73 Å². The SMILES string of the molecule is CC(C)c1ccc2c(c1)C[C@@H](N)CC2. The second-order valence-corrected chi connectivity index (χ2v) is 4.69. The molecule has 0 saturated heterocycles. The van der Waals surface area contributed by atoms with E-state index in [1.54, 1.807) is 0 Å². The Balaban J connectivity index is 2.33. The van der Waals surface area contributed by atoms with Crippen LogP contribution in [0.5, 0.6) is 0 Å². The predicted octanol–water partition coefficient (Wildman–Crippen LogP) is 2.63. The lowest BCUT2D eigenvalue weighted by Crippen LogP contribution is -2.27. The van der Waals surface area contributed by atoms with E-state index in [-0.39, 0.29) is 0 Å². The van der Waals surface area contributed by atoms with Crippen molar-refractivity contribution < 1.29 is 0 Å². The molecule has 2 rings (SSSR count). The molecule has 1 aliphatic rings. The zero-order chi connectivity index (χ0) is 10.1. The maximum Gasteiger partial charge on any atom is 0.00825 e. The Morgan fingerprint density at radius 1 is 1.29 bits per heavy atom. The van der Waals surface area contributed by atoms with Gasteiger partial charge in [-0.25, -0.2) is 0 Å². The lowest BCUT2D eigenvalue weighted by molar-refractivity contribution is 0.575. The monoisotopic (exact) mass is 189 g/mol. The number of benzene rings is 1. The molecule has 1 nitrogen and oxygen atoms in total. The molecule has 76 valence electrons. The number of aryl methyl sites for hydroxylation is 1. The Bertz CT molecular complexity index is 328. The summed E-state index contributed by atoms with van der Waals surface area (Å²) in [6.07, 6.45) is 3.37. The molecule has 0 fully saturated rings. The molecule has 0 bridgehead atoms. The summed E-state index contributed by atoms with van der Waals surface area (Å²) < 4.78 is 0. The Morgan fingerprint density at radius 3 is 2.79 bits per heavy atom. The van der Waals surface area contributed by atoms with Crippen molar-refractivity contribution in [1.29, 1.82) is 0 Å². The van der Waals surface area contributed by atoms with Gasteiger partial charge in [0.15, 0.2) is 0 Å². The minimum absolute atomic E-state index is 0.380. The summed E-state index contributed by atoms with van der Waals surface area (Å²) in [6.45, 7) is 4.48. The molecule has 1 heteroatoms. The van der Waals surface area contributed by atoms with Gasteiger partial charge in [0, 0.05) is 6.04 Å². The number of hydrogen-bond acceptors (Lipinski definition) is 1.